The van der Waals surface area contributed by atoms with E-state index in [1.165, 1.54) is 0 Å². The van der Waals surface area contributed by atoms with Crippen molar-refractivity contribution in [1.29, 1.82) is 0 Å². The molecule has 3 rings (SSSR count). The van der Waals surface area contributed by atoms with Crippen LogP contribution in [0.2, 0.25) is 5.15 Å². The van der Waals surface area contributed by atoms with Gasteiger partial charge < -0.3 is 15.5 Å². The molecule has 0 spiro atoms. The van der Waals surface area contributed by atoms with E-state index in [4.69, 9.17) is 11.6 Å². The molecule has 1 aliphatic rings. The third kappa shape index (κ3) is 4.86. The maximum Gasteiger partial charge on any atom is 0.253 e. The van der Waals surface area contributed by atoms with Crippen molar-refractivity contribution in [3.05, 3.63) is 59.8 Å². The van der Waals surface area contributed by atoms with Gasteiger partial charge in [-0.25, -0.2) is 0 Å². The van der Waals surface area contributed by atoms with Gasteiger partial charge in [0.2, 0.25) is 5.91 Å². The molecule has 1 atom stereocenters. The summed E-state index contributed by atoms with van der Waals surface area (Å²) in [6.07, 6.45) is 3.24. The summed E-state index contributed by atoms with van der Waals surface area (Å²) in [5.41, 5.74) is 0.923. The lowest BCUT2D eigenvalue weighted by Crippen LogP contribution is -2.41. The fourth-order valence-corrected chi connectivity index (χ4v) is 3.26. The van der Waals surface area contributed by atoms with E-state index in [0.29, 0.717) is 35.3 Å². The van der Waals surface area contributed by atoms with Gasteiger partial charge in [0.05, 0.1) is 17.2 Å². The van der Waals surface area contributed by atoms with E-state index < -0.39 is 0 Å². The minimum absolute atomic E-state index is 0.115. The lowest BCUT2D eigenvalue weighted by molar-refractivity contribution is -0.120. The number of hydrogen-bond acceptors (Lipinski definition) is 5. The van der Waals surface area contributed by atoms with Crippen LogP contribution in [0.4, 0.5) is 11.5 Å². The van der Waals surface area contributed by atoms with Gasteiger partial charge in [-0.05, 0) is 37.1 Å². The smallest absolute Gasteiger partial charge is 0.253 e. The number of anilines is 2. The molecular formula is C20H22ClN5O2. The molecule has 0 saturated carbocycles. The van der Waals surface area contributed by atoms with Gasteiger partial charge in [-0.15, -0.1) is 16.8 Å². The largest absolute Gasteiger partial charge is 0.354 e. The van der Waals surface area contributed by atoms with Crippen LogP contribution in [-0.4, -0.2) is 41.6 Å². The third-order valence-electron chi connectivity index (χ3n) is 4.57. The Morgan fingerprint density at radius 1 is 1.25 bits per heavy atom. The molecule has 0 bridgehead atoms. The summed E-state index contributed by atoms with van der Waals surface area (Å²) in [6.45, 7) is 5.29. The zero-order valence-electron chi connectivity index (χ0n) is 15.4. The standard InChI is InChI=1S/C20H22ClN5O2/c1-2-11-22-20(28)15-7-3-4-8-16(15)23-19(27)14-6-5-12-26(13-14)18-10-9-17(21)24-25-18/h2-4,7-10,14H,1,5-6,11-13H2,(H,22,28)(H,23,27). The Labute approximate surface area is 168 Å². The molecule has 1 fully saturated rings. The summed E-state index contributed by atoms with van der Waals surface area (Å²) in [7, 11) is 0. The average molecular weight is 400 g/mol. The van der Waals surface area contributed by atoms with Crippen LogP contribution in [0.5, 0.6) is 0 Å². The van der Waals surface area contributed by atoms with Crippen molar-refractivity contribution in [1.82, 2.24) is 15.5 Å². The molecule has 0 aliphatic carbocycles. The summed E-state index contributed by atoms with van der Waals surface area (Å²) >= 11 is 5.80. The van der Waals surface area contributed by atoms with Crippen LogP contribution in [-0.2, 0) is 4.79 Å². The number of aromatic nitrogens is 2. The summed E-state index contributed by atoms with van der Waals surface area (Å²) in [5.74, 6) is 0.120. The number of amides is 2. The SMILES string of the molecule is C=CCNC(=O)c1ccccc1NC(=O)C1CCCN(c2ccc(Cl)nn2)C1. The molecule has 146 valence electrons. The Hall–Kier alpha value is -2.93. The van der Waals surface area contributed by atoms with Crippen LogP contribution in [0.1, 0.15) is 23.2 Å². The van der Waals surface area contributed by atoms with Crippen LogP contribution in [0, 0.1) is 5.92 Å². The molecular weight excluding hydrogens is 378 g/mol. The van der Waals surface area contributed by atoms with Crippen LogP contribution < -0.4 is 15.5 Å². The van der Waals surface area contributed by atoms with Crippen LogP contribution in [0.15, 0.2) is 49.1 Å². The van der Waals surface area contributed by atoms with Crippen molar-refractivity contribution in [2.75, 3.05) is 29.9 Å². The second kappa shape index (κ2) is 9.32. The molecule has 1 aromatic heterocycles. The van der Waals surface area contributed by atoms with Crippen LogP contribution in [0.25, 0.3) is 0 Å². The number of nitrogens with zero attached hydrogens (tertiary/aromatic N) is 3. The number of benzene rings is 1. The van der Waals surface area contributed by atoms with E-state index in [1.807, 2.05) is 4.90 Å². The lowest BCUT2D eigenvalue weighted by atomic mass is 9.96. The van der Waals surface area contributed by atoms with E-state index >= 15 is 0 Å². The Balaban J connectivity index is 1.68. The van der Waals surface area contributed by atoms with E-state index in [0.717, 1.165) is 19.4 Å². The highest BCUT2D eigenvalue weighted by atomic mass is 35.5. The molecule has 1 unspecified atom stereocenters. The first-order valence-corrected chi connectivity index (χ1v) is 9.49. The first kappa shape index (κ1) is 19.8. The Bertz CT molecular complexity index is 856. The quantitative estimate of drug-likeness (QED) is 0.729. The topological polar surface area (TPSA) is 87.2 Å². The molecule has 1 aromatic carbocycles. The maximum atomic E-state index is 12.8. The van der Waals surface area contributed by atoms with Gasteiger partial charge in [-0.1, -0.05) is 29.8 Å². The van der Waals surface area contributed by atoms with E-state index in [2.05, 4.69) is 27.4 Å². The maximum absolute atomic E-state index is 12.8. The van der Waals surface area contributed by atoms with E-state index in [-0.39, 0.29) is 17.7 Å². The fourth-order valence-electron chi connectivity index (χ4n) is 3.16. The predicted molar refractivity (Wildman–Crippen MR) is 110 cm³/mol. The third-order valence-corrected chi connectivity index (χ3v) is 4.77. The molecule has 0 radical (unpaired) electrons. The zero-order valence-corrected chi connectivity index (χ0v) is 16.2. The monoisotopic (exact) mass is 399 g/mol. The van der Waals surface area contributed by atoms with Crippen molar-refractivity contribution in [3.63, 3.8) is 0 Å². The fraction of sp³-hybridized carbons (Fsp3) is 0.300. The highest BCUT2D eigenvalue weighted by molar-refractivity contribution is 6.29. The van der Waals surface area contributed by atoms with Crippen molar-refractivity contribution in [3.8, 4) is 0 Å². The number of hydrogen-bond donors (Lipinski definition) is 2. The molecule has 2 aromatic rings. The molecule has 2 heterocycles. The van der Waals surface area contributed by atoms with Gasteiger partial charge in [0, 0.05) is 19.6 Å². The first-order chi connectivity index (χ1) is 13.6. The van der Waals surface area contributed by atoms with Crippen molar-refractivity contribution in [2.24, 2.45) is 5.92 Å². The number of rotatable bonds is 6. The summed E-state index contributed by atoms with van der Waals surface area (Å²) < 4.78 is 0. The van der Waals surface area contributed by atoms with E-state index in [1.54, 1.807) is 42.5 Å². The second-order valence-corrected chi connectivity index (χ2v) is 6.92. The molecule has 1 aliphatic heterocycles. The first-order valence-electron chi connectivity index (χ1n) is 9.11. The summed E-state index contributed by atoms with van der Waals surface area (Å²) in [6, 6.07) is 10.5. The predicted octanol–water partition coefficient (Wildman–Crippen LogP) is 2.90. The molecule has 2 amide bonds. The van der Waals surface area contributed by atoms with Gasteiger partial charge in [0.1, 0.15) is 0 Å². The second-order valence-electron chi connectivity index (χ2n) is 6.53. The molecule has 28 heavy (non-hydrogen) atoms. The van der Waals surface area contributed by atoms with Crippen molar-refractivity contribution < 1.29 is 9.59 Å². The van der Waals surface area contributed by atoms with Gasteiger partial charge in [0.25, 0.3) is 5.91 Å². The highest BCUT2D eigenvalue weighted by Gasteiger charge is 2.27. The Morgan fingerprint density at radius 2 is 2.07 bits per heavy atom. The minimum atomic E-state index is -0.252. The highest BCUT2D eigenvalue weighted by Crippen LogP contribution is 2.24. The number of carbonyl (C=O) groups is 2. The van der Waals surface area contributed by atoms with Crippen LogP contribution >= 0.6 is 11.6 Å². The number of carbonyl (C=O) groups excluding carboxylic acids is 2. The number of para-hydroxylation sites is 1. The van der Waals surface area contributed by atoms with Gasteiger partial charge in [-0.3, -0.25) is 9.59 Å². The van der Waals surface area contributed by atoms with Gasteiger partial charge >= 0.3 is 0 Å². The average Bonchev–Trinajstić information content (AvgIpc) is 2.73. The summed E-state index contributed by atoms with van der Waals surface area (Å²) in [4.78, 5) is 27.2. The van der Waals surface area contributed by atoms with Gasteiger partial charge in [-0.2, -0.15) is 0 Å². The van der Waals surface area contributed by atoms with Crippen molar-refractivity contribution in [2.45, 2.75) is 12.8 Å². The minimum Gasteiger partial charge on any atom is -0.354 e. The summed E-state index contributed by atoms with van der Waals surface area (Å²) in [5, 5.41) is 13.9. The number of halogens is 1. The molecule has 8 heteroatoms. The normalized spacial score (nSPS) is 16.3. The molecule has 2 N–H and O–H groups in total. The number of piperidine rings is 1. The Morgan fingerprint density at radius 3 is 2.82 bits per heavy atom. The zero-order chi connectivity index (χ0) is 19.9. The van der Waals surface area contributed by atoms with Crippen molar-refractivity contribution >= 4 is 34.9 Å². The van der Waals surface area contributed by atoms with E-state index in [9.17, 15) is 9.59 Å². The molecule has 7 nitrogen and oxygen atoms in total. The Kier molecular flexibility index (Phi) is 6.60. The molecule has 1 saturated heterocycles. The van der Waals surface area contributed by atoms with Gasteiger partial charge in [0.15, 0.2) is 11.0 Å². The van der Waals surface area contributed by atoms with Crippen LogP contribution in [0.3, 0.4) is 0 Å². The number of nitrogens with one attached hydrogen (secondary N) is 2. The lowest BCUT2D eigenvalue weighted by Gasteiger charge is -2.32.